The summed E-state index contributed by atoms with van der Waals surface area (Å²) in [5, 5.41) is 0.907. The van der Waals surface area contributed by atoms with Crippen LogP contribution in [0.1, 0.15) is 24.5 Å². The van der Waals surface area contributed by atoms with Gasteiger partial charge in [-0.05, 0) is 42.7 Å². The highest BCUT2D eigenvalue weighted by atomic mass is 31.2. The molecule has 0 fully saturated rings. The van der Waals surface area contributed by atoms with Crippen LogP contribution in [0.3, 0.4) is 0 Å². The first kappa shape index (κ1) is 22.1. The molecular weight excluding hydrogens is 403 g/mol. The Balaban J connectivity index is 1.76. The van der Waals surface area contributed by atoms with Crippen molar-refractivity contribution in [3.8, 4) is 5.75 Å². The van der Waals surface area contributed by atoms with E-state index in [9.17, 15) is 14.3 Å². The molecule has 1 aromatic heterocycles. The van der Waals surface area contributed by atoms with Gasteiger partial charge in [-0.2, -0.15) is 0 Å². The lowest BCUT2D eigenvalue weighted by Gasteiger charge is -2.11. The maximum atomic E-state index is 11.7. The summed E-state index contributed by atoms with van der Waals surface area (Å²) < 4.78 is 24.4. The number of fused-ring (bicyclic) bond motifs is 1. The van der Waals surface area contributed by atoms with Crippen molar-refractivity contribution in [3.63, 3.8) is 0 Å². The molecule has 1 amide bonds. The van der Waals surface area contributed by atoms with E-state index in [1.54, 1.807) is 6.92 Å². The van der Waals surface area contributed by atoms with Crippen LogP contribution >= 0.6 is 7.60 Å². The maximum Gasteiger partial charge on any atom is 0.328 e. The smallest absolute Gasteiger partial charge is 0.328 e. The van der Waals surface area contributed by atoms with E-state index < -0.39 is 13.5 Å². The number of ether oxygens (including phenoxy) is 1. The Morgan fingerprint density at radius 3 is 2.67 bits per heavy atom. The van der Waals surface area contributed by atoms with E-state index in [1.807, 2.05) is 42.6 Å². The SMILES string of the molecule is CCOP(=O)(O)CCCOc1ccc2c(c1)c(CC(N)=O)cn2Cc1ccccc1. The van der Waals surface area contributed by atoms with Crippen molar-refractivity contribution in [2.24, 2.45) is 5.73 Å². The summed E-state index contributed by atoms with van der Waals surface area (Å²) >= 11 is 0. The summed E-state index contributed by atoms with van der Waals surface area (Å²) in [5.74, 6) is 0.240. The summed E-state index contributed by atoms with van der Waals surface area (Å²) in [6.07, 6.45) is 2.54. The van der Waals surface area contributed by atoms with Crippen LogP contribution in [0, 0.1) is 0 Å². The molecule has 0 aliphatic rings. The van der Waals surface area contributed by atoms with Gasteiger partial charge in [-0.3, -0.25) is 9.36 Å². The molecule has 3 aromatic rings. The summed E-state index contributed by atoms with van der Waals surface area (Å²) in [6.45, 7) is 2.86. The number of amides is 1. The number of nitrogens with two attached hydrogens (primary N) is 1. The first-order valence-electron chi connectivity index (χ1n) is 9.91. The number of primary amides is 1. The number of nitrogens with zero attached hydrogens (tertiary/aromatic N) is 1. The Bertz CT molecular complexity index is 1050. The highest BCUT2D eigenvalue weighted by Gasteiger charge is 2.17. The topological polar surface area (TPSA) is 104 Å². The zero-order chi connectivity index (χ0) is 21.6. The van der Waals surface area contributed by atoms with Gasteiger partial charge in [0, 0.05) is 23.6 Å². The average molecular weight is 430 g/mol. The highest BCUT2D eigenvalue weighted by molar-refractivity contribution is 7.52. The molecule has 3 N–H and O–H groups in total. The van der Waals surface area contributed by atoms with Crippen LogP contribution in [0.15, 0.2) is 54.7 Å². The second kappa shape index (κ2) is 9.94. The molecule has 1 atom stereocenters. The molecule has 0 saturated heterocycles. The van der Waals surface area contributed by atoms with Gasteiger partial charge in [-0.15, -0.1) is 0 Å². The lowest BCUT2D eigenvalue weighted by molar-refractivity contribution is -0.117. The maximum absolute atomic E-state index is 11.7. The number of carbonyl (C=O) groups excluding carboxylic acids is 1. The second-order valence-corrected chi connectivity index (χ2v) is 9.05. The van der Waals surface area contributed by atoms with E-state index in [0.717, 1.165) is 22.0 Å². The van der Waals surface area contributed by atoms with Gasteiger partial charge < -0.3 is 24.5 Å². The van der Waals surface area contributed by atoms with Gasteiger partial charge in [0.05, 0.1) is 25.8 Å². The molecule has 160 valence electrons. The van der Waals surface area contributed by atoms with Crippen molar-refractivity contribution in [2.45, 2.75) is 26.3 Å². The molecule has 1 heterocycles. The molecule has 0 bridgehead atoms. The third-order valence-corrected chi connectivity index (χ3v) is 6.22. The van der Waals surface area contributed by atoms with Crippen molar-refractivity contribution in [1.82, 2.24) is 4.57 Å². The van der Waals surface area contributed by atoms with Gasteiger partial charge in [-0.25, -0.2) is 0 Å². The van der Waals surface area contributed by atoms with Gasteiger partial charge in [0.25, 0.3) is 0 Å². The lowest BCUT2D eigenvalue weighted by atomic mass is 10.1. The summed E-state index contributed by atoms with van der Waals surface area (Å²) in [7, 11) is -3.54. The Hall–Kier alpha value is -2.60. The molecule has 2 aromatic carbocycles. The second-order valence-electron chi connectivity index (χ2n) is 7.07. The van der Waals surface area contributed by atoms with Crippen molar-refractivity contribution in [2.75, 3.05) is 19.4 Å². The first-order valence-corrected chi connectivity index (χ1v) is 11.7. The number of rotatable bonds is 11. The molecule has 8 heteroatoms. The van der Waals surface area contributed by atoms with Crippen LogP contribution in [0.2, 0.25) is 0 Å². The number of carbonyl (C=O) groups is 1. The molecule has 1 unspecified atom stereocenters. The van der Waals surface area contributed by atoms with Gasteiger partial charge in [0.1, 0.15) is 5.75 Å². The summed E-state index contributed by atoms with van der Waals surface area (Å²) in [4.78, 5) is 21.2. The minimum Gasteiger partial charge on any atom is -0.494 e. The van der Waals surface area contributed by atoms with Crippen LogP contribution in [-0.2, 0) is 26.8 Å². The Kier molecular flexibility index (Phi) is 7.32. The molecule has 0 spiro atoms. The number of benzene rings is 2. The zero-order valence-electron chi connectivity index (χ0n) is 17.0. The largest absolute Gasteiger partial charge is 0.494 e. The number of hydrogen-bond acceptors (Lipinski definition) is 4. The molecule has 0 radical (unpaired) electrons. The third-order valence-electron chi connectivity index (χ3n) is 4.68. The fraction of sp³-hybridized carbons (Fsp3) is 0.318. The van der Waals surface area contributed by atoms with Crippen LogP contribution in [0.25, 0.3) is 10.9 Å². The van der Waals surface area contributed by atoms with Crippen LogP contribution < -0.4 is 10.5 Å². The number of hydrogen-bond donors (Lipinski definition) is 2. The van der Waals surface area contributed by atoms with Gasteiger partial charge >= 0.3 is 7.60 Å². The standard InChI is InChI=1S/C22H27N2O5P/c1-2-29-30(26,27)12-6-11-28-19-9-10-21-20(14-19)18(13-22(23)25)16-24(21)15-17-7-4-3-5-8-17/h3-5,7-10,14,16H,2,6,11-13,15H2,1H3,(H2,23,25)(H,26,27). The molecule has 3 rings (SSSR count). The normalized spacial score (nSPS) is 13.3. The quantitative estimate of drug-likeness (QED) is 0.357. The highest BCUT2D eigenvalue weighted by Crippen LogP contribution is 2.42. The van der Waals surface area contributed by atoms with Crippen molar-refractivity contribution in [3.05, 3.63) is 65.9 Å². The molecular formula is C22H27N2O5P. The van der Waals surface area contributed by atoms with E-state index in [1.165, 1.54) is 0 Å². The zero-order valence-corrected chi connectivity index (χ0v) is 17.9. The summed E-state index contributed by atoms with van der Waals surface area (Å²) in [5.41, 5.74) is 8.42. The predicted octanol–water partition coefficient (Wildman–Crippen LogP) is 3.71. The minimum atomic E-state index is -3.54. The van der Waals surface area contributed by atoms with Gasteiger partial charge in [-0.1, -0.05) is 30.3 Å². The Morgan fingerprint density at radius 1 is 1.20 bits per heavy atom. The van der Waals surface area contributed by atoms with Crippen LogP contribution in [0.4, 0.5) is 0 Å². The van der Waals surface area contributed by atoms with Crippen LogP contribution in [-0.4, -0.2) is 34.7 Å². The van der Waals surface area contributed by atoms with E-state index >= 15 is 0 Å². The Labute approximate surface area is 175 Å². The molecule has 7 nitrogen and oxygen atoms in total. The fourth-order valence-electron chi connectivity index (χ4n) is 3.40. The van der Waals surface area contributed by atoms with E-state index in [2.05, 4.69) is 16.7 Å². The lowest BCUT2D eigenvalue weighted by Crippen LogP contribution is -2.13. The van der Waals surface area contributed by atoms with Crippen LogP contribution in [0.5, 0.6) is 5.75 Å². The molecule has 0 aliphatic heterocycles. The monoisotopic (exact) mass is 430 g/mol. The van der Waals surface area contributed by atoms with Gasteiger partial charge in [0.15, 0.2) is 0 Å². The first-order chi connectivity index (χ1) is 14.4. The summed E-state index contributed by atoms with van der Waals surface area (Å²) in [6, 6.07) is 15.8. The molecule has 0 saturated carbocycles. The van der Waals surface area contributed by atoms with Gasteiger partial charge in [0.2, 0.25) is 5.91 Å². The predicted molar refractivity (Wildman–Crippen MR) is 117 cm³/mol. The fourth-order valence-corrected chi connectivity index (χ4v) is 4.46. The Morgan fingerprint density at radius 2 is 1.97 bits per heavy atom. The minimum absolute atomic E-state index is 0.0451. The van der Waals surface area contributed by atoms with E-state index in [4.69, 9.17) is 15.0 Å². The van der Waals surface area contributed by atoms with Crippen molar-refractivity contribution >= 4 is 24.4 Å². The number of aromatic nitrogens is 1. The van der Waals surface area contributed by atoms with Crippen molar-refractivity contribution < 1.29 is 23.5 Å². The average Bonchev–Trinajstić information content (AvgIpc) is 3.02. The van der Waals surface area contributed by atoms with Crippen molar-refractivity contribution in [1.29, 1.82) is 0 Å². The third kappa shape index (κ3) is 5.95. The van der Waals surface area contributed by atoms with E-state index in [0.29, 0.717) is 25.3 Å². The van der Waals surface area contributed by atoms with E-state index in [-0.39, 0.29) is 19.2 Å². The molecule has 30 heavy (non-hydrogen) atoms. The molecule has 0 aliphatic carbocycles.